The second-order valence-corrected chi connectivity index (χ2v) is 8.05. The van der Waals surface area contributed by atoms with Gasteiger partial charge in [-0.25, -0.2) is 4.98 Å². The van der Waals surface area contributed by atoms with Gasteiger partial charge in [-0.05, 0) is 32.4 Å². The van der Waals surface area contributed by atoms with Gasteiger partial charge in [0.25, 0.3) is 5.91 Å². The monoisotopic (exact) mass is 415 g/mol. The molecule has 4 rings (SSSR count). The zero-order valence-corrected chi connectivity index (χ0v) is 16.9. The van der Waals surface area contributed by atoms with Gasteiger partial charge in [-0.1, -0.05) is 0 Å². The number of ether oxygens (including phenoxy) is 2. The van der Waals surface area contributed by atoms with Crippen molar-refractivity contribution < 1.29 is 23.5 Å². The van der Waals surface area contributed by atoms with Crippen molar-refractivity contribution in [3.8, 4) is 5.75 Å². The lowest BCUT2D eigenvalue weighted by molar-refractivity contribution is -0.123. The molecule has 4 N–H and O–H groups in total. The van der Waals surface area contributed by atoms with Crippen LogP contribution in [0.1, 0.15) is 38.7 Å². The molecule has 1 atom stereocenters. The van der Waals surface area contributed by atoms with E-state index in [4.69, 9.17) is 25.4 Å². The molecule has 0 radical (unpaired) electrons. The van der Waals surface area contributed by atoms with Crippen LogP contribution in [0.4, 0.5) is 0 Å². The Morgan fingerprint density at radius 3 is 2.69 bits per heavy atom. The molecule has 29 heavy (non-hydrogen) atoms. The number of fused-ring (bicyclic) bond motifs is 1. The smallest absolute Gasteiger partial charge is 0.252 e. The first-order chi connectivity index (χ1) is 13.8. The van der Waals surface area contributed by atoms with Crippen molar-refractivity contribution in [3.05, 3.63) is 45.1 Å². The molecule has 2 aromatic heterocycles. The molecular weight excluding hydrogens is 394 g/mol. The minimum atomic E-state index is -1.14. The number of amides is 2. The van der Waals surface area contributed by atoms with Crippen molar-refractivity contribution in [2.45, 2.75) is 32.3 Å². The van der Waals surface area contributed by atoms with Gasteiger partial charge in [0.05, 0.1) is 28.3 Å². The highest BCUT2D eigenvalue weighted by atomic mass is 32.1. The fourth-order valence-electron chi connectivity index (χ4n) is 3.87. The van der Waals surface area contributed by atoms with Crippen molar-refractivity contribution in [2.75, 3.05) is 13.2 Å². The Hall–Kier alpha value is -2.91. The number of carbonyl (C=O) groups is 2. The lowest BCUT2D eigenvalue weighted by Crippen LogP contribution is -2.42. The average molecular weight is 415 g/mol. The molecule has 0 saturated carbocycles. The molecule has 0 spiro atoms. The van der Waals surface area contributed by atoms with Crippen LogP contribution < -0.4 is 16.2 Å². The standard InChI is InChI=1S/C20H21N3O5S/c1-10-14(29-9-23-10)7-27-13-4-3-12-16(15(18(21)24)11(2)28-12)17(13)20(19(22)25)5-6-26-8-20/h3-4,9H,5-8H2,1-2H3,(H2,21,24)(H2,22,25). The number of benzene rings is 1. The van der Waals surface area contributed by atoms with E-state index >= 15 is 0 Å². The maximum atomic E-state index is 12.6. The normalized spacial score (nSPS) is 19.0. The van der Waals surface area contributed by atoms with E-state index in [1.165, 1.54) is 11.3 Å². The number of carbonyl (C=O) groups excluding carboxylic acids is 2. The van der Waals surface area contributed by atoms with Gasteiger partial charge in [-0.2, -0.15) is 0 Å². The van der Waals surface area contributed by atoms with Gasteiger partial charge >= 0.3 is 0 Å². The number of aryl methyl sites for hydroxylation is 2. The Bertz CT molecular complexity index is 1110. The van der Waals surface area contributed by atoms with E-state index in [0.717, 1.165) is 10.6 Å². The molecule has 2 amide bonds. The predicted octanol–water partition coefficient (Wildman–Crippen LogP) is 2.33. The first-order valence-corrected chi connectivity index (χ1v) is 9.99. The number of aromatic nitrogens is 1. The third kappa shape index (κ3) is 3.06. The van der Waals surface area contributed by atoms with Gasteiger partial charge in [0.2, 0.25) is 5.91 Å². The number of rotatable bonds is 6. The Kier molecular flexibility index (Phi) is 4.79. The zero-order chi connectivity index (χ0) is 20.8. The molecule has 0 bridgehead atoms. The minimum Gasteiger partial charge on any atom is -0.488 e. The second-order valence-electron chi connectivity index (χ2n) is 7.11. The first kappa shape index (κ1) is 19.4. The second kappa shape index (κ2) is 7.16. The van der Waals surface area contributed by atoms with Crippen LogP contribution in [0.5, 0.6) is 5.75 Å². The topological polar surface area (TPSA) is 131 Å². The third-order valence-corrected chi connectivity index (χ3v) is 6.32. The van der Waals surface area contributed by atoms with E-state index in [9.17, 15) is 9.59 Å². The number of nitrogens with zero attached hydrogens (tertiary/aromatic N) is 1. The van der Waals surface area contributed by atoms with E-state index in [1.807, 2.05) is 6.92 Å². The number of thiazole rings is 1. The number of furan rings is 1. The highest BCUT2D eigenvalue weighted by Crippen LogP contribution is 2.45. The van der Waals surface area contributed by atoms with Gasteiger partial charge in [0.1, 0.15) is 29.1 Å². The zero-order valence-electron chi connectivity index (χ0n) is 16.1. The summed E-state index contributed by atoms with van der Waals surface area (Å²) in [5.74, 6) is -0.368. The van der Waals surface area contributed by atoms with E-state index < -0.39 is 17.2 Å². The predicted molar refractivity (Wildman–Crippen MR) is 107 cm³/mol. The summed E-state index contributed by atoms with van der Waals surface area (Å²) in [7, 11) is 0. The molecule has 0 aliphatic carbocycles. The van der Waals surface area contributed by atoms with Crippen molar-refractivity contribution >= 4 is 34.1 Å². The lowest BCUT2D eigenvalue weighted by atomic mass is 9.76. The van der Waals surface area contributed by atoms with Crippen molar-refractivity contribution in [1.82, 2.24) is 4.98 Å². The van der Waals surface area contributed by atoms with Crippen LogP contribution in [-0.4, -0.2) is 30.0 Å². The Morgan fingerprint density at radius 2 is 2.10 bits per heavy atom. The number of hydrogen-bond donors (Lipinski definition) is 2. The van der Waals surface area contributed by atoms with E-state index in [1.54, 1.807) is 24.6 Å². The quantitative estimate of drug-likeness (QED) is 0.635. The van der Waals surface area contributed by atoms with Crippen LogP contribution in [-0.2, 0) is 21.6 Å². The highest BCUT2D eigenvalue weighted by Gasteiger charge is 2.47. The van der Waals surface area contributed by atoms with E-state index in [0.29, 0.717) is 41.1 Å². The van der Waals surface area contributed by atoms with Crippen LogP contribution in [0.25, 0.3) is 11.0 Å². The fourth-order valence-corrected chi connectivity index (χ4v) is 4.56. The van der Waals surface area contributed by atoms with Gasteiger partial charge in [0, 0.05) is 17.6 Å². The largest absolute Gasteiger partial charge is 0.488 e. The third-order valence-electron chi connectivity index (χ3n) is 5.42. The van der Waals surface area contributed by atoms with Crippen LogP contribution in [0.2, 0.25) is 0 Å². The SMILES string of the molecule is Cc1ncsc1COc1ccc2oc(C)c(C(N)=O)c2c1C1(C(N)=O)CCOC1. The van der Waals surface area contributed by atoms with E-state index in [-0.39, 0.29) is 18.8 Å². The maximum Gasteiger partial charge on any atom is 0.252 e. The number of hydrogen-bond acceptors (Lipinski definition) is 7. The summed E-state index contributed by atoms with van der Waals surface area (Å²) >= 11 is 1.48. The van der Waals surface area contributed by atoms with Gasteiger partial charge in [0.15, 0.2) is 0 Å². The summed E-state index contributed by atoms with van der Waals surface area (Å²) in [6.45, 7) is 4.30. The molecule has 1 aromatic carbocycles. The Balaban J connectivity index is 1.95. The molecule has 1 aliphatic heterocycles. The first-order valence-electron chi connectivity index (χ1n) is 9.11. The molecule has 1 unspecified atom stereocenters. The summed E-state index contributed by atoms with van der Waals surface area (Å²) in [5.41, 5.74) is 14.1. The summed E-state index contributed by atoms with van der Waals surface area (Å²) in [6, 6.07) is 3.43. The van der Waals surface area contributed by atoms with Crippen LogP contribution in [0.15, 0.2) is 22.1 Å². The molecular formula is C20H21N3O5S. The van der Waals surface area contributed by atoms with Crippen LogP contribution in [0, 0.1) is 13.8 Å². The van der Waals surface area contributed by atoms with Crippen molar-refractivity contribution in [3.63, 3.8) is 0 Å². The van der Waals surface area contributed by atoms with Crippen molar-refractivity contribution in [2.24, 2.45) is 11.5 Å². The molecule has 3 aromatic rings. The van der Waals surface area contributed by atoms with Gasteiger partial charge in [-0.15, -0.1) is 11.3 Å². The van der Waals surface area contributed by atoms with E-state index in [2.05, 4.69) is 4.98 Å². The van der Waals surface area contributed by atoms with Crippen LogP contribution in [0.3, 0.4) is 0 Å². The molecule has 1 aliphatic rings. The number of primary amides is 2. The fraction of sp³-hybridized carbons (Fsp3) is 0.350. The Morgan fingerprint density at radius 1 is 1.31 bits per heavy atom. The minimum absolute atomic E-state index is 0.0970. The van der Waals surface area contributed by atoms with Crippen LogP contribution >= 0.6 is 11.3 Å². The summed E-state index contributed by atoms with van der Waals surface area (Å²) in [4.78, 5) is 30.0. The average Bonchev–Trinajstić information content (AvgIpc) is 3.37. The molecule has 1 saturated heterocycles. The molecule has 9 heteroatoms. The lowest BCUT2D eigenvalue weighted by Gasteiger charge is -2.27. The number of nitrogens with two attached hydrogens (primary N) is 2. The molecule has 8 nitrogen and oxygen atoms in total. The highest BCUT2D eigenvalue weighted by molar-refractivity contribution is 7.09. The molecule has 3 heterocycles. The van der Waals surface area contributed by atoms with Gasteiger partial charge in [-0.3, -0.25) is 9.59 Å². The molecule has 152 valence electrons. The summed E-state index contributed by atoms with van der Waals surface area (Å²) in [6.07, 6.45) is 0.375. The maximum absolute atomic E-state index is 12.6. The molecule has 1 fully saturated rings. The Labute approximate surface area is 170 Å². The van der Waals surface area contributed by atoms with Crippen molar-refractivity contribution in [1.29, 1.82) is 0 Å². The summed E-state index contributed by atoms with van der Waals surface area (Å²) < 4.78 is 17.4. The summed E-state index contributed by atoms with van der Waals surface area (Å²) in [5, 5.41) is 0.456. The van der Waals surface area contributed by atoms with Gasteiger partial charge < -0.3 is 25.4 Å².